The van der Waals surface area contributed by atoms with Crippen molar-refractivity contribution >= 4 is 11.7 Å². The Bertz CT molecular complexity index is 863. The van der Waals surface area contributed by atoms with Crippen molar-refractivity contribution in [2.75, 3.05) is 32.1 Å². The van der Waals surface area contributed by atoms with E-state index >= 15 is 0 Å². The highest BCUT2D eigenvalue weighted by molar-refractivity contribution is 5.89. The third-order valence-corrected chi connectivity index (χ3v) is 5.94. The van der Waals surface area contributed by atoms with Crippen LogP contribution >= 0.6 is 0 Å². The molecule has 0 bridgehead atoms. The minimum Gasteiger partial charge on any atom is -0.506 e. The Morgan fingerprint density at radius 3 is 2.50 bits per heavy atom. The van der Waals surface area contributed by atoms with Gasteiger partial charge in [0.25, 0.3) is 0 Å². The summed E-state index contributed by atoms with van der Waals surface area (Å²) in [4.78, 5) is 11.8. The lowest BCUT2D eigenvalue weighted by molar-refractivity contribution is 0.0526. The zero-order chi connectivity index (χ0) is 22.9. The van der Waals surface area contributed by atoms with E-state index in [0.29, 0.717) is 42.1 Å². The zero-order valence-electron chi connectivity index (χ0n) is 18.8. The Labute approximate surface area is 189 Å². The van der Waals surface area contributed by atoms with E-state index in [9.17, 15) is 15.0 Å². The number of rotatable bonds is 10. The van der Waals surface area contributed by atoms with Crippen molar-refractivity contribution in [2.24, 2.45) is 0 Å². The third kappa shape index (κ3) is 6.61. The average Bonchev–Trinajstić information content (AvgIpc) is 2.83. The molecule has 4 N–H and O–H groups in total. The molecule has 3 rings (SSSR count). The number of phenols is 1. The minimum atomic E-state index is -0.616. The van der Waals surface area contributed by atoms with Crippen LogP contribution in [-0.4, -0.2) is 55.1 Å². The summed E-state index contributed by atoms with van der Waals surface area (Å²) in [5.74, 6) is 0.976. The quantitative estimate of drug-likeness (QED) is 0.329. The molecule has 1 aliphatic carbocycles. The summed E-state index contributed by atoms with van der Waals surface area (Å²) in [6, 6.07) is 13.1. The van der Waals surface area contributed by atoms with Crippen molar-refractivity contribution in [1.29, 1.82) is 0 Å². The number of ether oxygens (including phenoxy) is 2. The third-order valence-electron chi connectivity index (χ3n) is 5.94. The van der Waals surface area contributed by atoms with Crippen LogP contribution in [0.2, 0.25) is 0 Å². The molecule has 2 aromatic carbocycles. The number of esters is 1. The van der Waals surface area contributed by atoms with Crippen LogP contribution in [0.25, 0.3) is 0 Å². The largest absolute Gasteiger partial charge is 0.506 e. The Morgan fingerprint density at radius 2 is 1.84 bits per heavy atom. The summed E-state index contributed by atoms with van der Waals surface area (Å²) in [6.07, 6.45) is 3.62. The van der Waals surface area contributed by atoms with Crippen LogP contribution < -0.4 is 15.4 Å². The van der Waals surface area contributed by atoms with E-state index < -0.39 is 6.10 Å². The normalized spacial score (nSPS) is 19.2. The van der Waals surface area contributed by atoms with Crippen LogP contribution in [0, 0.1) is 0 Å². The number of benzene rings is 2. The van der Waals surface area contributed by atoms with Crippen LogP contribution in [0.5, 0.6) is 11.5 Å². The first-order valence-electron chi connectivity index (χ1n) is 11.3. The van der Waals surface area contributed by atoms with Gasteiger partial charge in [-0.1, -0.05) is 12.1 Å². The van der Waals surface area contributed by atoms with E-state index in [0.717, 1.165) is 25.7 Å². The first-order chi connectivity index (χ1) is 15.5. The van der Waals surface area contributed by atoms with Gasteiger partial charge in [0, 0.05) is 25.7 Å². The molecule has 0 heterocycles. The fourth-order valence-corrected chi connectivity index (χ4v) is 4.10. The molecule has 1 saturated carbocycles. The molecule has 32 heavy (non-hydrogen) atoms. The van der Waals surface area contributed by atoms with Crippen molar-refractivity contribution in [3.05, 3.63) is 53.6 Å². The lowest BCUT2D eigenvalue weighted by Gasteiger charge is -2.30. The Balaban J connectivity index is 1.38. The number of hydrogen-bond acceptors (Lipinski definition) is 7. The van der Waals surface area contributed by atoms with Gasteiger partial charge < -0.3 is 30.3 Å². The fraction of sp³-hybridized carbons (Fsp3) is 0.480. The number of hydrogen-bond donors (Lipinski definition) is 4. The van der Waals surface area contributed by atoms with E-state index in [1.54, 1.807) is 32.2 Å². The lowest BCUT2D eigenvalue weighted by atomic mass is 9.81. The first kappa shape index (κ1) is 23.9. The summed E-state index contributed by atoms with van der Waals surface area (Å²) >= 11 is 0. The average molecular weight is 443 g/mol. The van der Waals surface area contributed by atoms with Crippen molar-refractivity contribution in [3.8, 4) is 11.5 Å². The van der Waals surface area contributed by atoms with Crippen molar-refractivity contribution in [1.82, 2.24) is 5.32 Å². The number of nitrogens with one attached hydrogen (secondary N) is 2. The maximum atomic E-state index is 11.8. The van der Waals surface area contributed by atoms with E-state index in [1.165, 1.54) is 5.56 Å². The van der Waals surface area contributed by atoms with Crippen LogP contribution in [0.4, 0.5) is 5.69 Å². The number of carbonyl (C=O) groups is 1. The lowest BCUT2D eigenvalue weighted by Crippen LogP contribution is -2.39. The standard InChI is InChI=1S/C25H34N2O5/c1-3-31-25(30)19-6-4-17(5-7-19)18-8-10-20(11-9-18)27-15-21(28)16-32-22-12-13-24(29)23(14-22)26-2/h4-7,12-14,18,20-21,26-29H,3,8-11,15-16H2,1-2H3. The molecule has 0 spiro atoms. The number of aliphatic hydroxyl groups is 1. The molecule has 7 heteroatoms. The van der Waals surface area contributed by atoms with E-state index in [4.69, 9.17) is 9.47 Å². The second-order valence-electron chi connectivity index (χ2n) is 8.19. The van der Waals surface area contributed by atoms with Gasteiger partial charge in [-0.15, -0.1) is 0 Å². The topological polar surface area (TPSA) is 100 Å². The van der Waals surface area contributed by atoms with Gasteiger partial charge in [0.05, 0.1) is 17.9 Å². The minimum absolute atomic E-state index is 0.160. The molecular weight excluding hydrogens is 408 g/mol. The highest BCUT2D eigenvalue weighted by Gasteiger charge is 2.23. The van der Waals surface area contributed by atoms with Gasteiger partial charge in [0.1, 0.15) is 24.2 Å². The molecule has 1 unspecified atom stereocenters. The molecule has 0 aromatic heterocycles. The van der Waals surface area contributed by atoms with Gasteiger partial charge in [-0.25, -0.2) is 4.79 Å². The van der Waals surface area contributed by atoms with Crippen LogP contribution in [0.15, 0.2) is 42.5 Å². The van der Waals surface area contributed by atoms with Gasteiger partial charge >= 0.3 is 5.97 Å². The van der Waals surface area contributed by atoms with Gasteiger partial charge in [-0.2, -0.15) is 0 Å². The number of carbonyl (C=O) groups excluding carboxylic acids is 1. The predicted molar refractivity (Wildman–Crippen MR) is 125 cm³/mol. The zero-order valence-corrected chi connectivity index (χ0v) is 18.8. The Hall–Kier alpha value is -2.77. The SMILES string of the molecule is CCOC(=O)c1ccc(C2CCC(NCC(O)COc3ccc(O)c(NC)c3)CC2)cc1. The summed E-state index contributed by atoms with van der Waals surface area (Å²) < 4.78 is 10.7. The predicted octanol–water partition coefficient (Wildman–Crippen LogP) is 3.67. The van der Waals surface area contributed by atoms with Crippen molar-refractivity contribution in [2.45, 2.75) is 50.7 Å². The smallest absolute Gasteiger partial charge is 0.338 e. The molecule has 0 aliphatic heterocycles. The number of phenolic OH excluding ortho intramolecular Hbond substituents is 1. The molecule has 174 valence electrons. The molecule has 0 amide bonds. The number of aromatic hydroxyl groups is 1. The van der Waals surface area contributed by atoms with Crippen molar-refractivity contribution in [3.63, 3.8) is 0 Å². The highest BCUT2D eigenvalue weighted by atomic mass is 16.5. The second kappa shape index (κ2) is 11.7. The van der Waals surface area contributed by atoms with Gasteiger partial charge in [-0.3, -0.25) is 0 Å². The van der Waals surface area contributed by atoms with E-state index in [-0.39, 0.29) is 18.3 Å². The Kier molecular flexibility index (Phi) is 8.76. The van der Waals surface area contributed by atoms with Gasteiger partial charge in [0.2, 0.25) is 0 Å². The summed E-state index contributed by atoms with van der Waals surface area (Å²) in [6.45, 7) is 2.84. The fourth-order valence-electron chi connectivity index (χ4n) is 4.10. The molecule has 0 radical (unpaired) electrons. The molecule has 0 saturated heterocycles. The molecule has 1 fully saturated rings. The van der Waals surface area contributed by atoms with Crippen LogP contribution in [0.3, 0.4) is 0 Å². The van der Waals surface area contributed by atoms with E-state index in [2.05, 4.69) is 10.6 Å². The molecule has 2 aromatic rings. The number of anilines is 1. The summed E-state index contributed by atoms with van der Waals surface area (Å²) in [7, 11) is 1.73. The van der Waals surface area contributed by atoms with Gasteiger partial charge in [-0.05, 0) is 68.4 Å². The summed E-state index contributed by atoms with van der Waals surface area (Å²) in [5.41, 5.74) is 2.44. The monoisotopic (exact) mass is 442 g/mol. The Morgan fingerprint density at radius 1 is 1.12 bits per heavy atom. The van der Waals surface area contributed by atoms with Crippen molar-refractivity contribution < 1.29 is 24.5 Å². The maximum absolute atomic E-state index is 11.8. The molecular formula is C25H34N2O5. The number of aliphatic hydroxyl groups excluding tert-OH is 1. The van der Waals surface area contributed by atoms with Crippen LogP contribution in [0.1, 0.15) is 54.4 Å². The highest BCUT2D eigenvalue weighted by Crippen LogP contribution is 2.33. The van der Waals surface area contributed by atoms with E-state index in [1.807, 2.05) is 24.3 Å². The van der Waals surface area contributed by atoms with Gasteiger partial charge in [0.15, 0.2) is 0 Å². The second-order valence-corrected chi connectivity index (χ2v) is 8.19. The first-order valence-corrected chi connectivity index (χ1v) is 11.3. The molecule has 7 nitrogen and oxygen atoms in total. The van der Waals surface area contributed by atoms with Crippen LogP contribution in [-0.2, 0) is 4.74 Å². The molecule has 1 atom stereocenters. The maximum Gasteiger partial charge on any atom is 0.338 e. The molecule has 1 aliphatic rings. The summed E-state index contributed by atoms with van der Waals surface area (Å²) in [5, 5.41) is 26.3.